The fourth-order valence-electron chi connectivity index (χ4n) is 12.0. The molecule has 0 saturated carbocycles. The van der Waals surface area contributed by atoms with Gasteiger partial charge in [0.05, 0.1) is 25.4 Å². The Labute approximate surface area is 496 Å². The van der Waals surface area contributed by atoms with Gasteiger partial charge in [-0.1, -0.05) is 366 Å². The number of carbonyl (C=O) groups is 1. The number of hydrogen-bond donors (Lipinski definition) is 6. The topological polar surface area (TPSA) is 149 Å². The van der Waals surface area contributed by atoms with Crippen LogP contribution in [0.15, 0.2) is 12.2 Å². The third-order valence-corrected chi connectivity index (χ3v) is 17.6. The maximum atomic E-state index is 13.1. The van der Waals surface area contributed by atoms with Gasteiger partial charge >= 0.3 is 0 Å². The summed E-state index contributed by atoms with van der Waals surface area (Å²) in [5.74, 6) is -0.167. The smallest absolute Gasteiger partial charge is 0.220 e. The van der Waals surface area contributed by atoms with Crippen LogP contribution in [0.4, 0.5) is 0 Å². The molecule has 0 bridgehead atoms. The van der Waals surface area contributed by atoms with Gasteiger partial charge in [-0.25, -0.2) is 0 Å². The van der Waals surface area contributed by atoms with Gasteiger partial charge in [-0.15, -0.1) is 0 Å². The van der Waals surface area contributed by atoms with Crippen molar-refractivity contribution in [3.63, 3.8) is 0 Å². The summed E-state index contributed by atoms with van der Waals surface area (Å²) in [7, 11) is 0. The van der Waals surface area contributed by atoms with Gasteiger partial charge in [-0.05, 0) is 19.3 Å². The van der Waals surface area contributed by atoms with Crippen molar-refractivity contribution in [2.24, 2.45) is 0 Å². The number of nitrogens with one attached hydrogen (secondary N) is 1. The minimum Gasteiger partial charge on any atom is -0.394 e. The van der Waals surface area contributed by atoms with Gasteiger partial charge < -0.3 is 40.3 Å². The highest BCUT2D eigenvalue weighted by atomic mass is 16.7. The van der Waals surface area contributed by atoms with Crippen LogP contribution in [0.3, 0.4) is 0 Å². The molecule has 0 aromatic carbocycles. The van der Waals surface area contributed by atoms with Gasteiger partial charge in [0, 0.05) is 6.42 Å². The number of unbranched alkanes of at least 4 members (excludes halogenated alkanes) is 54. The molecule has 0 spiro atoms. The first-order valence-corrected chi connectivity index (χ1v) is 35.9. The Bertz CT molecular complexity index is 1270. The highest BCUT2D eigenvalue weighted by molar-refractivity contribution is 5.76. The zero-order chi connectivity index (χ0) is 57.9. The summed E-state index contributed by atoms with van der Waals surface area (Å²) < 4.78 is 11.3. The standard InChI is InChI=1S/C71H139NO8/c1-3-5-7-9-11-13-15-17-19-21-23-25-27-29-31-32-33-35-36-38-40-42-44-46-48-50-52-54-56-58-60-65(74)64(63-79-71-70(78)69(77)68(76)66(62-73)80-71)72-67(75)61-59-57-55-53-51-49-47-45-43-41-39-37-34-30-28-26-24-22-20-18-16-14-12-10-8-6-4-2/h58,60,64-66,68-71,73-74,76-78H,3-57,59,61-63H2,1-2H3,(H,72,75)/b60-58+. The van der Waals surface area contributed by atoms with E-state index in [1.807, 2.05) is 6.08 Å². The Morgan fingerprint density at radius 1 is 0.412 bits per heavy atom. The second-order valence-corrected chi connectivity index (χ2v) is 25.4. The monoisotopic (exact) mass is 1130 g/mol. The van der Waals surface area contributed by atoms with E-state index in [4.69, 9.17) is 9.47 Å². The van der Waals surface area contributed by atoms with E-state index >= 15 is 0 Å². The molecule has 7 atom stereocenters. The Morgan fingerprint density at radius 2 is 0.688 bits per heavy atom. The van der Waals surface area contributed by atoms with Crippen LogP contribution in [0, 0.1) is 0 Å². The number of carbonyl (C=O) groups excluding carboxylic acids is 1. The molecule has 80 heavy (non-hydrogen) atoms. The molecule has 0 aromatic rings. The first kappa shape index (κ1) is 76.9. The van der Waals surface area contributed by atoms with E-state index in [0.29, 0.717) is 6.42 Å². The van der Waals surface area contributed by atoms with E-state index in [-0.39, 0.29) is 12.5 Å². The SMILES string of the molecule is CCCCCCCCCCCCCCCCCCCCCCCCCCCCCC/C=C/C(O)C(COC1OC(CO)C(O)C(O)C1O)NC(=O)CCCCCCCCCCCCCCCCCCCCCCCCCCCCC. The van der Waals surface area contributed by atoms with Gasteiger partial charge in [-0.2, -0.15) is 0 Å². The lowest BCUT2D eigenvalue weighted by molar-refractivity contribution is -0.302. The maximum absolute atomic E-state index is 13.1. The van der Waals surface area contributed by atoms with Crippen LogP contribution >= 0.6 is 0 Å². The van der Waals surface area contributed by atoms with E-state index in [9.17, 15) is 30.3 Å². The molecule has 9 heteroatoms. The summed E-state index contributed by atoms with van der Waals surface area (Å²) >= 11 is 0. The molecule has 1 aliphatic heterocycles. The summed E-state index contributed by atoms with van der Waals surface area (Å²) in [6.45, 7) is 3.85. The van der Waals surface area contributed by atoms with Crippen molar-refractivity contribution in [2.45, 2.75) is 423 Å². The molecule has 7 unspecified atom stereocenters. The Morgan fingerprint density at radius 3 is 0.975 bits per heavy atom. The predicted octanol–water partition coefficient (Wildman–Crippen LogP) is 19.5. The minimum absolute atomic E-state index is 0.167. The number of aliphatic hydroxyl groups excluding tert-OH is 5. The van der Waals surface area contributed by atoms with Crippen molar-refractivity contribution in [2.75, 3.05) is 13.2 Å². The quantitative estimate of drug-likeness (QED) is 0.0261. The lowest BCUT2D eigenvalue weighted by Crippen LogP contribution is -2.60. The number of aliphatic hydroxyl groups is 5. The molecule has 1 amide bonds. The van der Waals surface area contributed by atoms with E-state index < -0.39 is 49.5 Å². The van der Waals surface area contributed by atoms with E-state index in [0.717, 1.165) is 38.5 Å². The fraction of sp³-hybridized carbons (Fsp3) is 0.958. The second-order valence-electron chi connectivity index (χ2n) is 25.4. The molecule has 1 aliphatic rings. The van der Waals surface area contributed by atoms with E-state index in [2.05, 4.69) is 19.2 Å². The first-order valence-electron chi connectivity index (χ1n) is 35.9. The number of rotatable bonds is 64. The molecular weight excluding hydrogens is 995 g/mol. The summed E-state index contributed by atoms with van der Waals surface area (Å²) in [4.78, 5) is 13.1. The molecule has 1 heterocycles. The van der Waals surface area contributed by atoms with Crippen LogP contribution < -0.4 is 5.32 Å². The molecular formula is C71H139NO8. The lowest BCUT2D eigenvalue weighted by atomic mass is 9.99. The lowest BCUT2D eigenvalue weighted by Gasteiger charge is -2.40. The number of hydrogen-bond acceptors (Lipinski definition) is 8. The average molecular weight is 1130 g/mol. The summed E-state index contributed by atoms with van der Waals surface area (Å²) in [5, 5.41) is 54.8. The van der Waals surface area contributed by atoms with Crippen LogP contribution in [-0.2, 0) is 14.3 Å². The van der Waals surface area contributed by atoms with Crippen molar-refractivity contribution < 1.29 is 39.8 Å². The van der Waals surface area contributed by atoms with Crippen molar-refractivity contribution in [3.05, 3.63) is 12.2 Å². The summed E-state index contributed by atoms with van der Waals surface area (Å²) in [6, 6.07) is -0.802. The van der Waals surface area contributed by atoms with Crippen molar-refractivity contribution >= 4 is 5.91 Å². The van der Waals surface area contributed by atoms with Gasteiger partial charge in [0.2, 0.25) is 5.91 Å². The normalized spacial score (nSPS) is 18.4. The van der Waals surface area contributed by atoms with E-state index in [1.165, 1.54) is 321 Å². The molecule has 476 valence electrons. The molecule has 0 radical (unpaired) electrons. The highest BCUT2D eigenvalue weighted by Gasteiger charge is 2.44. The third kappa shape index (κ3) is 49.2. The van der Waals surface area contributed by atoms with Gasteiger partial charge in [0.15, 0.2) is 6.29 Å². The van der Waals surface area contributed by atoms with Crippen molar-refractivity contribution in [3.8, 4) is 0 Å². The number of allylic oxidation sites excluding steroid dienone is 1. The molecule has 0 aromatic heterocycles. The molecule has 1 rings (SSSR count). The Kier molecular flexibility index (Phi) is 58.7. The zero-order valence-corrected chi connectivity index (χ0v) is 53.4. The highest BCUT2D eigenvalue weighted by Crippen LogP contribution is 2.24. The summed E-state index contributed by atoms with van der Waals surface area (Å²) in [5.41, 5.74) is 0. The minimum atomic E-state index is -1.56. The van der Waals surface area contributed by atoms with E-state index in [1.54, 1.807) is 6.08 Å². The van der Waals surface area contributed by atoms with Crippen LogP contribution in [-0.4, -0.2) is 87.5 Å². The van der Waals surface area contributed by atoms with Gasteiger partial charge in [0.1, 0.15) is 24.4 Å². The van der Waals surface area contributed by atoms with Gasteiger partial charge in [-0.3, -0.25) is 4.79 Å². The second kappa shape index (κ2) is 61.0. The zero-order valence-electron chi connectivity index (χ0n) is 53.4. The van der Waals surface area contributed by atoms with Crippen LogP contribution in [0.2, 0.25) is 0 Å². The fourth-order valence-corrected chi connectivity index (χ4v) is 12.0. The van der Waals surface area contributed by atoms with Crippen molar-refractivity contribution in [1.82, 2.24) is 5.32 Å². The van der Waals surface area contributed by atoms with Crippen LogP contribution in [0.5, 0.6) is 0 Å². The van der Waals surface area contributed by atoms with Gasteiger partial charge in [0.25, 0.3) is 0 Å². The molecule has 1 saturated heterocycles. The predicted molar refractivity (Wildman–Crippen MR) is 341 cm³/mol. The molecule has 1 fully saturated rings. The first-order chi connectivity index (χ1) is 39.3. The average Bonchev–Trinajstić information content (AvgIpc) is 3.46. The molecule has 6 N–H and O–H groups in total. The number of amides is 1. The number of ether oxygens (including phenoxy) is 2. The summed E-state index contributed by atoms with van der Waals surface area (Å²) in [6.07, 6.45) is 71.9. The maximum Gasteiger partial charge on any atom is 0.220 e. The van der Waals surface area contributed by atoms with Crippen LogP contribution in [0.25, 0.3) is 0 Å². The van der Waals surface area contributed by atoms with Crippen LogP contribution in [0.1, 0.15) is 380 Å². The largest absolute Gasteiger partial charge is 0.394 e. The molecule has 0 aliphatic carbocycles. The Balaban J connectivity index is 2.11. The molecule has 9 nitrogen and oxygen atoms in total. The van der Waals surface area contributed by atoms with Crippen molar-refractivity contribution in [1.29, 1.82) is 0 Å². The third-order valence-electron chi connectivity index (χ3n) is 17.6. The Hall–Kier alpha value is -1.07.